The van der Waals surface area contributed by atoms with E-state index in [1.54, 1.807) is 16.7 Å². The summed E-state index contributed by atoms with van der Waals surface area (Å²) < 4.78 is 52.2. The first-order chi connectivity index (χ1) is 16.6. The number of halogens is 4. The summed E-state index contributed by atoms with van der Waals surface area (Å²) in [6.45, 7) is 3.95. The van der Waals surface area contributed by atoms with Gasteiger partial charge in [0, 0.05) is 44.6 Å². The maximum absolute atomic E-state index is 13.4. The number of carbonyl (C=O) groups is 2. The number of nitrogens with zero attached hydrogens (tertiary/aromatic N) is 5. The summed E-state index contributed by atoms with van der Waals surface area (Å²) >= 11 is 0. The fourth-order valence-corrected chi connectivity index (χ4v) is 3.89. The monoisotopic (exact) mass is 495 g/mol. The number of carbonyl (C=O) groups excluding carboxylic acids is 1. The SMILES string of the molecule is O=C(O)C(F)(F)F.O=C1c2c(N3CCOCC3)ccnc2CN1CCc1cn2cc(F)ccc2n1. The zero-order chi connectivity index (χ0) is 25.2. The van der Waals surface area contributed by atoms with Crippen LogP contribution in [0.1, 0.15) is 21.7 Å². The highest BCUT2D eigenvalue weighted by molar-refractivity contribution is 6.03. The number of imidazole rings is 1. The van der Waals surface area contributed by atoms with Gasteiger partial charge in [0.05, 0.1) is 42.4 Å². The quantitative estimate of drug-likeness (QED) is 0.556. The van der Waals surface area contributed by atoms with E-state index in [0.717, 1.165) is 30.2 Å². The number of hydrogen-bond donors (Lipinski definition) is 1. The van der Waals surface area contributed by atoms with Gasteiger partial charge in [-0.1, -0.05) is 0 Å². The number of aromatic nitrogens is 3. The van der Waals surface area contributed by atoms with Crippen LogP contribution in [0, 0.1) is 5.82 Å². The van der Waals surface area contributed by atoms with Gasteiger partial charge < -0.3 is 24.0 Å². The van der Waals surface area contributed by atoms with Crippen molar-refractivity contribution in [2.75, 3.05) is 37.7 Å². The summed E-state index contributed by atoms with van der Waals surface area (Å²) in [5.74, 6) is -3.05. The number of carboxylic acids is 1. The Labute approximate surface area is 196 Å². The molecule has 0 radical (unpaired) electrons. The Morgan fingerprint density at radius 1 is 1.14 bits per heavy atom. The summed E-state index contributed by atoms with van der Waals surface area (Å²) in [5, 5.41) is 7.12. The molecule has 1 N–H and O–H groups in total. The third kappa shape index (κ3) is 5.50. The number of hydrogen-bond acceptors (Lipinski definition) is 6. The van der Waals surface area contributed by atoms with E-state index in [1.165, 1.54) is 12.3 Å². The molecule has 0 aliphatic carbocycles. The first kappa shape index (κ1) is 24.4. The van der Waals surface area contributed by atoms with Crippen LogP contribution in [-0.4, -0.2) is 75.3 Å². The van der Waals surface area contributed by atoms with Gasteiger partial charge >= 0.3 is 12.1 Å². The molecule has 35 heavy (non-hydrogen) atoms. The van der Waals surface area contributed by atoms with Gasteiger partial charge in [0.15, 0.2) is 0 Å². The van der Waals surface area contributed by atoms with Crippen molar-refractivity contribution < 1.29 is 37.0 Å². The van der Waals surface area contributed by atoms with E-state index in [9.17, 15) is 22.4 Å². The molecule has 13 heteroatoms. The van der Waals surface area contributed by atoms with Crippen molar-refractivity contribution >= 4 is 23.2 Å². The molecule has 0 saturated carbocycles. The molecule has 0 unspecified atom stereocenters. The highest BCUT2D eigenvalue weighted by Gasteiger charge is 2.38. The molecule has 3 aromatic rings. The first-order valence-corrected chi connectivity index (χ1v) is 10.7. The Bertz CT molecular complexity index is 1240. The predicted molar refractivity (Wildman–Crippen MR) is 115 cm³/mol. The van der Waals surface area contributed by atoms with E-state index < -0.39 is 12.1 Å². The summed E-state index contributed by atoms with van der Waals surface area (Å²) in [6, 6.07) is 4.96. The van der Waals surface area contributed by atoms with Crippen molar-refractivity contribution in [2.24, 2.45) is 0 Å². The number of morpholine rings is 1. The smallest absolute Gasteiger partial charge is 0.475 e. The van der Waals surface area contributed by atoms with Gasteiger partial charge in [-0.25, -0.2) is 14.2 Å². The minimum absolute atomic E-state index is 0.0133. The zero-order valence-electron chi connectivity index (χ0n) is 18.3. The number of aliphatic carboxylic acids is 1. The van der Waals surface area contributed by atoms with E-state index in [0.29, 0.717) is 43.9 Å². The van der Waals surface area contributed by atoms with Gasteiger partial charge in [-0.2, -0.15) is 13.2 Å². The largest absolute Gasteiger partial charge is 0.490 e. The Morgan fingerprint density at radius 3 is 2.54 bits per heavy atom. The van der Waals surface area contributed by atoms with Crippen LogP contribution in [0.25, 0.3) is 5.65 Å². The Hall–Kier alpha value is -3.74. The van der Waals surface area contributed by atoms with Crippen molar-refractivity contribution in [3.63, 3.8) is 0 Å². The number of pyridine rings is 2. The predicted octanol–water partition coefficient (Wildman–Crippen LogP) is 2.54. The number of carboxylic acid groups (broad SMARTS) is 1. The van der Waals surface area contributed by atoms with E-state index in [4.69, 9.17) is 14.6 Å². The van der Waals surface area contributed by atoms with Crippen LogP contribution < -0.4 is 4.90 Å². The Kier molecular flexibility index (Phi) is 6.87. The van der Waals surface area contributed by atoms with Gasteiger partial charge in [0.2, 0.25) is 0 Å². The molecule has 5 rings (SSSR count). The van der Waals surface area contributed by atoms with Crippen LogP contribution in [-0.2, 0) is 22.5 Å². The minimum atomic E-state index is -5.08. The Morgan fingerprint density at radius 2 is 1.86 bits per heavy atom. The second-order valence-electron chi connectivity index (χ2n) is 7.88. The standard InChI is InChI=1S/C20H20FN5O2.C2HF3O2/c21-14-1-2-18-23-15(12-26(18)11-14)4-6-25-13-16-19(20(25)27)17(3-5-22-16)24-7-9-28-10-8-24;3-2(4,5)1(6)7/h1-3,5,11-12H,4,6-10,13H2;(H,6,7). The molecule has 0 atom stereocenters. The maximum atomic E-state index is 13.4. The number of rotatable bonds is 4. The van der Waals surface area contributed by atoms with E-state index in [1.807, 2.05) is 17.2 Å². The van der Waals surface area contributed by atoms with Crippen LogP contribution >= 0.6 is 0 Å². The minimum Gasteiger partial charge on any atom is -0.475 e. The molecule has 1 amide bonds. The highest BCUT2D eigenvalue weighted by atomic mass is 19.4. The molecule has 0 spiro atoms. The molecule has 5 heterocycles. The van der Waals surface area contributed by atoms with Crippen molar-refractivity contribution in [2.45, 2.75) is 19.1 Å². The number of alkyl halides is 3. The molecule has 2 aliphatic rings. The third-order valence-corrected chi connectivity index (χ3v) is 5.55. The lowest BCUT2D eigenvalue weighted by Crippen LogP contribution is -2.37. The van der Waals surface area contributed by atoms with Crippen LogP contribution in [0.2, 0.25) is 0 Å². The average molecular weight is 495 g/mol. The molecular weight excluding hydrogens is 474 g/mol. The van der Waals surface area contributed by atoms with Gasteiger partial charge in [0.1, 0.15) is 11.5 Å². The van der Waals surface area contributed by atoms with Crippen LogP contribution in [0.4, 0.5) is 23.2 Å². The molecule has 1 fully saturated rings. The number of fused-ring (bicyclic) bond motifs is 2. The molecule has 9 nitrogen and oxygen atoms in total. The van der Waals surface area contributed by atoms with E-state index in [2.05, 4.69) is 14.9 Å². The fraction of sp³-hybridized carbons (Fsp3) is 0.364. The normalized spacial score (nSPS) is 15.7. The molecular formula is C22H21F4N5O4. The second kappa shape index (κ2) is 9.86. The lowest BCUT2D eigenvalue weighted by atomic mass is 10.1. The highest BCUT2D eigenvalue weighted by Crippen LogP contribution is 2.30. The summed E-state index contributed by atoms with van der Waals surface area (Å²) in [5.41, 5.74) is 4.01. The van der Waals surface area contributed by atoms with Crippen molar-refractivity contribution in [1.82, 2.24) is 19.3 Å². The summed E-state index contributed by atoms with van der Waals surface area (Å²) in [6.07, 6.45) is 0.512. The third-order valence-electron chi connectivity index (χ3n) is 5.55. The number of ether oxygens (including phenoxy) is 1. The molecule has 0 aromatic carbocycles. The maximum Gasteiger partial charge on any atom is 0.490 e. The van der Waals surface area contributed by atoms with E-state index in [-0.39, 0.29) is 11.7 Å². The number of anilines is 1. The summed E-state index contributed by atoms with van der Waals surface area (Å²) in [7, 11) is 0. The van der Waals surface area contributed by atoms with Gasteiger partial charge in [0.25, 0.3) is 5.91 Å². The van der Waals surface area contributed by atoms with Crippen molar-refractivity contribution in [3.8, 4) is 0 Å². The van der Waals surface area contributed by atoms with Gasteiger partial charge in [-0.15, -0.1) is 0 Å². The van der Waals surface area contributed by atoms with Crippen LogP contribution in [0.5, 0.6) is 0 Å². The second-order valence-corrected chi connectivity index (χ2v) is 7.88. The number of amides is 1. The fourth-order valence-electron chi connectivity index (χ4n) is 3.89. The van der Waals surface area contributed by atoms with E-state index >= 15 is 0 Å². The lowest BCUT2D eigenvalue weighted by Gasteiger charge is -2.30. The zero-order valence-corrected chi connectivity index (χ0v) is 18.3. The molecule has 1 saturated heterocycles. The summed E-state index contributed by atoms with van der Waals surface area (Å²) in [4.78, 5) is 34.9. The topological polar surface area (TPSA) is 100 Å². The lowest BCUT2D eigenvalue weighted by molar-refractivity contribution is -0.192. The average Bonchev–Trinajstić information content (AvgIpc) is 3.38. The van der Waals surface area contributed by atoms with Crippen molar-refractivity contribution in [3.05, 3.63) is 59.6 Å². The molecule has 2 aliphatic heterocycles. The van der Waals surface area contributed by atoms with Crippen LogP contribution in [0.15, 0.2) is 36.8 Å². The van der Waals surface area contributed by atoms with Gasteiger partial charge in [-0.05, 0) is 18.2 Å². The molecule has 0 bridgehead atoms. The first-order valence-electron chi connectivity index (χ1n) is 10.7. The van der Waals surface area contributed by atoms with Gasteiger partial charge in [-0.3, -0.25) is 9.78 Å². The molecule has 3 aromatic heterocycles. The van der Waals surface area contributed by atoms with Crippen LogP contribution in [0.3, 0.4) is 0 Å². The van der Waals surface area contributed by atoms with Crippen molar-refractivity contribution in [1.29, 1.82) is 0 Å². The molecule has 186 valence electrons. The Balaban J connectivity index is 0.000000364.